The maximum atomic E-state index is 11.8. The fraction of sp³-hybridized carbons (Fsp3) is 0.333. The predicted octanol–water partition coefficient (Wildman–Crippen LogP) is 2.23. The van der Waals surface area contributed by atoms with Crippen LogP contribution in [0.1, 0.15) is 18.6 Å². The van der Waals surface area contributed by atoms with Crippen LogP contribution in [-0.4, -0.2) is 21.4 Å². The largest absolute Gasteiger partial charge is 0.387 e. The van der Waals surface area contributed by atoms with E-state index in [1.807, 2.05) is 23.8 Å². The molecule has 7 heteroatoms. The first-order valence-electron chi connectivity index (χ1n) is 5.83. The number of thiophene rings is 1. The Bertz CT molecular complexity index is 598. The quantitative estimate of drug-likeness (QED) is 0.873. The third kappa shape index (κ3) is 3.23. The molecule has 2 aromatic heterocycles. The zero-order chi connectivity index (χ0) is 13.8. The van der Waals surface area contributed by atoms with E-state index in [0.717, 1.165) is 5.56 Å². The molecular weight excluding hydrogens is 330 g/mol. The Balaban J connectivity index is 2.08. The molecule has 102 valence electrons. The molecule has 0 saturated heterocycles. The minimum absolute atomic E-state index is 0.183. The Hall–Kier alpha value is -1.18. The van der Waals surface area contributed by atoms with E-state index in [2.05, 4.69) is 26.3 Å². The summed E-state index contributed by atoms with van der Waals surface area (Å²) in [5.41, 5.74) is 1.27. The number of halogens is 1. The van der Waals surface area contributed by atoms with Gasteiger partial charge in [-0.15, -0.1) is 0 Å². The zero-order valence-electron chi connectivity index (χ0n) is 10.3. The van der Waals surface area contributed by atoms with Gasteiger partial charge in [0.15, 0.2) is 0 Å². The first kappa shape index (κ1) is 14.2. The standard InChI is InChI=1S/C12H14BrN3O2S/c1-2-16-12(18)11(13)9(5-15-16)14-6-10(17)8-3-4-19-7-8/h3-5,7,10,14,17H,2,6H2,1H3. The minimum Gasteiger partial charge on any atom is -0.387 e. The third-order valence-electron chi connectivity index (χ3n) is 2.70. The van der Waals surface area contributed by atoms with Crippen molar-refractivity contribution < 1.29 is 5.11 Å². The number of nitrogens with zero attached hydrogens (tertiary/aromatic N) is 2. The highest BCUT2D eigenvalue weighted by atomic mass is 79.9. The van der Waals surface area contributed by atoms with Crippen LogP contribution in [-0.2, 0) is 6.54 Å². The van der Waals surface area contributed by atoms with Crippen molar-refractivity contribution in [3.05, 3.63) is 43.4 Å². The van der Waals surface area contributed by atoms with E-state index in [1.165, 1.54) is 16.0 Å². The summed E-state index contributed by atoms with van der Waals surface area (Å²) in [4.78, 5) is 11.8. The number of aromatic nitrogens is 2. The number of aliphatic hydroxyl groups excluding tert-OH is 1. The monoisotopic (exact) mass is 343 g/mol. The predicted molar refractivity (Wildman–Crippen MR) is 79.6 cm³/mol. The van der Waals surface area contributed by atoms with Crippen molar-refractivity contribution >= 4 is 33.0 Å². The molecule has 0 fully saturated rings. The molecular formula is C12H14BrN3O2S. The minimum atomic E-state index is -0.605. The molecule has 1 unspecified atom stereocenters. The van der Waals surface area contributed by atoms with E-state index >= 15 is 0 Å². The second-order valence-corrected chi connectivity index (χ2v) is 5.52. The van der Waals surface area contributed by atoms with E-state index < -0.39 is 6.10 Å². The van der Waals surface area contributed by atoms with Crippen LogP contribution in [0.25, 0.3) is 0 Å². The van der Waals surface area contributed by atoms with Gasteiger partial charge in [0.05, 0.1) is 18.0 Å². The van der Waals surface area contributed by atoms with Crippen LogP contribution >= 0.6 is 27.3 Å². The molecule has 0 aliphatic rings. The van der Waals surface area contributed by atoms with Gasteiger partial charge in [0, 0.05) is 13.1 Å². The van der Waals surface area contributed by atoms with Crippen molar-refractivity contribution in [3.63, 3.8) is 0 Å². The summed E-state index contributed by atoms with van der Waals surface area (Å²) in [6.45, 7) is 2.70. The smallest absolute Gasteiger partial charge is 0.283 e. The van der Waals surface area contributed by atoms with Crippen LogP contribution in [0.3, 0.4) is 0 Å². The average Bonchev–Trinajstić information content (AvgIpc) is 2.94. The summed E-state index contributed by atoms with van der Waals surface area (Å²) in [5.74, 6) is 0. The highest BCUT2D eigenvalue weighted by Crippen LogP contribution is 2.20. The SMILES string of the molecule is CCn1ncc(NCC(O)c2ccsc2)c(Br)c1=O. The van der Waals surface area contributed by atoms with E-state index in [4.69, 9.17) is 0 Å². The summed E-state index contributed by atoms with van der Waals surface area (Å²) < 4.78 is 1.80. The molecule has 1 atom stereocenters. The maximum absolute atomic E-state index is 11.8. The zero-order valence-corrected chi connectivity index (χ0v) is 12.7. The van der Waals surface area contributed by atoms with Gasteiger partial charge >= 0.3 is 0 Å². The molecule has 0 saturated carbocycles. The molecule has 2 aromatic rings. The summed E-state index contributed by atoms with van der Waals surface area (Å²) in [5, 5.41) is 20.8. The summed E-state index contributed by atoms with van der Waals surface area (Å²) in [6, 6.07) is 1.87. The molecule has 0 amide bonds. The fourth-order valence-corrected chi connectivity index (χ4v) is 2.76. The Morgan fingerprint density at radius 3 is 3.05 bits per heavy atom. The normalized spacial score (nSPS) is 12.4. The van der Waals surface area contributed by atoms with Crippen LogP contribution < -0.4 is 10.9 Å². The molecule has 19 heavy (non-hydrogen) atoms. The van der Waals surface area contributed by atoms with Gasteiger partial charge in [-0.25, -0.2) is 4.68 Å². The Morgan fingerprint density at radius 2 is 2.42 bits per heavy atom. The fourth-order valence-electron chi connectivity index (χ4n) is 1.60. The van der Waals surface area contributed by atoms with E-state index in [0.29, 0.717) is 23.2 Å². The van der Waals surface area contributed by atoms with Gasteiger partial charge in [0.1, 0.15) is 4.47 Å². The van der Waals surface area contributed by atoms with Gasteiger partial charge in [0.2, 0.25) is 0 Å². The number of aryl methyl sites for hydroxylation is 1. The maximum Gasteiger partial charge on any atom is 0.283 e. The van der Waals surface area contributed by atoms with E-state index in [9.17, 15) is 9.90 Å². The second-order valence-electron chi connectivity index (χ2n) is 3.95. The van der Waals surface area contributed by atoms with Gasteiger partial charge in [-0.3, -0.25) is 4.79 Å². The molecule has 0 aliphatic heterocycles. The second kappa shape index (κ2) is 6.31. The van der Waals surface area contributed by atoms with Gasteiger partial charge in [0.25, 0.3) is 5.56 Å². The van der Waals surface area contributed by atoms with Gasteiger partial charge in [-0.2, -0.15) is 16.4 Å². The summed E-state index contributed by atoms with van der Waals surface area (Å²) in [6.07, 6.45) is 0.974. The molecule has 0 aliphatic carbocycles. The third-order valence-corrected chi connectivity index (χ3v) is 4.17. The molecule has 2 N–H and O–H groups in total. The molecule has 2 rings (SSSR count). The van der Waals surface area contributed by atoms with Crippen LogP contribution in [0.15, 0.2) is 32.3 Å². The van der Waals surface area contributed by atoms with E-state index in [1.54, 1.807) is 6.20 Å². The molecule has 0 spiro atoms. The van der Waals surface area contributed by atoms with Crippen molar-refractivity contribution in [1.29, 1.82) is 0 Å². The highest BCUT2D eigenvalue weighted by molar-refractivity contribution is 9.10. The Morgan fingerprint density at radius 1 is 1.63 bits per heavy atom. The number of hydrogen-bond acceptors (Lipinski definition) is 5. The van der Waals surface area contributed by atoms with Crippen LogP contribution in [0.5, 0.6) is 0 Å². The van der Waals surface area contributed by atoms with Crippen molar-refractivity contribution in [2.45, 2.75) is 19.6 Å². The van der Waals surface area contributed by atoms with Crippen LogP contribution in [0.4, 0.5) is 5.69 Å². The number of nitrogens with one attached hydrogen (secondary N) is 1. The Labute approximate surface area is 123 Å². The topological polar surface area (TPSA) is 67.2 Å². The van der Waals surface area contributed by atoms with Gasteiger partial charge in [-0.1, -0.05) is 0 Å². The number of rotatable bonds is 5. The number of anilines is 1. The molecule has 5 nitrogen and oxygen atoms in total. The van der Waals surface area contributed by atoms with Crippen LogP contribution in [0.2, 0.25) is 0 Å². The number of aliphatic hydroxyl groups is 1. The molecule has 2 heterocycles. The summed E-state index contributed by atoms with van der Waals surface area (Å²) >= 11 is 4.79. The first-order valence-corrected chi connectivity index (χ1v) is 7.56. The van der Waals surface area contributed by atoms with Crippen LogP contribution in [0, 0.1) is 0 Å². The average molecular weight is 344 g/mol. The molecule has 0 bridgehead atoms. The lowest BCUT2D eigenvalue weighted by atomic mass is 10.2. The van der Waals surface area contributed by atoms with Gasteiger partial charge < -0.3 is 10.4 Å². The Kier molecular flexibility index (Phi) is 4.73. The number of hydrogen-bond donors (Lipinski definition) is 2. The lowest BCUT2D eigenvalue weighted by molar-refractivity contribution is 0.192. The lowest BCUT2D eigenvalue weighted by Crippen LogP contribution is -2.24. The van der Waals surface area contributed by atoms with Crippen molar-refractivity contribution in [2.75, 3.05) is 11.9 Å². The highest BCUT2D eigenvalue weighted by Gasteiger charge is 2.11. The van der Waals surface area contributed by atoms with Crippen molar-refractivity contribution in [3.8, 4) is 0 Å². The lowest BCUT2D eigenvalue weighted by Gasteiger charge is -2.13. The first-order chi connectivity index (χ1) is 9.13. The van der Waals surface area contributed by atoms with E-state index in [-0.39, 0.29) is 5.56 Å². The van der Waals surface area contributed by atoms with Crippen molar-refractivity contribution in [2.24, 2.45) is 0 Å². The molecule has 0 radical (unpaired) electrons. The molecule has 0 aromatic carbocycles. The van der Waals surface area contributed by atoms with Gasteiger partial charge in [-0.05, 0) is 45.2 Å². The summed E-state index contributed by atoms with van der Waals surface area (Å²) in [7, 11) is 0. The van der Waals surface area contributed by atoms with Crippen molar-refractivity contribution in [1.82, 2.24) is 9.78 Å².